The number of nitrogens with one attached hydrogen (secondary N) is 3. The van der Waals surface area contributed by atoms with Crippen molar-refractivity contribution in [3.63, 3.8) is 0 Å². The predicted octanol–water partition coefficient (Wildman–Crippen LogP) is 1.59. The summed E-state index contributed by atoms with van der Waals surface area (Å²) in [6, 6.07) is 4.23. The molecule has 2 aromatic heterocycles. The second kappa shape index (κ2) is 8.60. The Kier molecular flexibility index (Phi) is 6.38. The van der Waals surface area contributed by atoms with Gasteiger partial charge < -0.3 is 15.5 Å². The molecule has 1 aliphatic heterocycles. The molecule has 0 aliphatic carbocycles. The molecule has 11 heteroatoms. The second-order valence-corrected chi connectivity index (χ2v) is 10.5. The average Bonchev–Trinajstić information content (AvgIpc) is 3.28. The molecule has 0 aromatic carbocycles. The van der Waals surface area contributed by atoms with Crippen LogP contribution in [0.5, 0.6) is 0 Å². The molecule has 3 N–H and O–H groups in total. The van der Waals surface area contributed by atoms with E-state index >= 15 is 0 Å². The number of thiophene rings is 2. The largest absolute Gasteiger partial charge is 0.352 e. The SMILES string of the molecule is Cc1cc(S(=O)(=O)NCCNC(=O)N2CCNC(=O)C2c2cccs2)c(C)s1. The number of carbonyl (C=O) groups excluding carboxylic acids is 2. The highest BCUT2D eigenvalue weighted by Gasteiger charge is 2.34. The standard InChI is InChI=1S/C17H22N4O4S3/c1-11-10-14(12(2)27-11)28(24,25)20-6-5-19-17(23)21-8-7-18-16(22)15(21)13-4-3-9-26-13/h3-4,9-10,15,20H,5-8H2,1-2H3,(H,18,22)(H,19,23). The van der Waals surface area contributed by atoms with Gasteiger partial charge in [-0.05, 0) is 31.4 Å². The van der Waals surface area contributed by atoms with Gasteiger partial charge in [0.05, 0.1) is 4.90 Å². The normalized spacial score (nSPS) is 17.4. The molecule has 1 unspecified atom stereocenters. The second-order valence-electron chi connectivity index (χ2n) is 6.31. The minimum absolute atomic E-state index is 0.0616. The van der Waals surface area contributed by atoms with Crippen LogP contribution in [-0.2, 0) is 14.8 Å². The van der Waals surface area contributed by atoms with Crippen LogP contribution in [0, 0.1) is 13.8 Å². The van der Waals surface area contributed by atoms with Gasteiger partial charge in [0.1, 0.15) is 6.04 Å². The smallest absolute Gasteiger partial charge is 0.318 e. The van der Waals surface area contributed by atoms with Gasteiger partial charge in [-0.25, -0.2) is 17.9 Å². The molecule has 1 atom stereocenters. The van der Waals surface area contributed by atoms with Gasteiger partial charge in [0, 0.05) is 40.8 Å². The van der Waals surface area contributed by atoms with Crippen molar-refractivity contribution in [2.45, 2.75) is 24.8 Å². The number of carbonyl (C=O) groups is 2. The van der Waals surface area contributed by atoms with Crippen LogP contribution in [-0.4, -0.2) is 51.4 Å². The molecule has 0 spiro atoms. The molecule has 0 saturated carbocycles. The van der Waals surface area contributed by atoms with Gasteiger partial charge >= 0.3 is 6.03 Å². The minimum atomic E-state index is -3.61. The van der Waals surface area contributed by atoms with E-state index in [-0.39, 0.29) is 23.9 Å². The number of urea groups is 1. The lowest BCUT2D eigenvalue weighted by molar-refractivity contribution is -0.127. The zero-order chi connectivity index (χ0) is 20.3. The summed E-state index contributed by atoms with van der Waals surface area (Å²) in [4.78, 5) is 29.0. The maximum absolute atomic E-state index is 12.6. The fraction of sp³-hybridized carbons (Fsp3) is 0.412. The van der Waals surface area contributed by atoms with Gasteiger partial charge in [-0.3, -0.25) is 4.79 Å². The highest BCUT2D eigenvalue weighted by atomic mass is 32.2. The van der Waals surface area contributed by atoms with Crippen molar-refractivity contribution in [1.82, 2.24) is 20.3 Å². The fourth-order valence-electron chi connectivity index (χ4n) is 3.02. The van der Waals surface area contributed by atoms with E-state index < -0.39 is 22.1 Å². The Morgan fingerprint density at radius 1 is 1.36 bits per heavy atom. The summed E-state index contributed by atoms with van der Waals surface area (Å²) < 4.78 is 27.3. The van der Waals surface area contributed by atoms with Gasteiger partial charge in [0.15, 0.2) is 0 Å². The van der Waals surface area contributed by atoms with Crippen LogP contribution in [0.15, 0.2) is 28.5 Å². The number of nitrogens with zero attached hydrogens (tertiary/aromatic N) is 1. The molecular formula is C17H22N4O4S3. The van der Waals surface area contributed by atoms with Crippen molar-refractivity contribution < 1.29 is 18.0 Å². The molecule has 0 radical (unpaired) electrons. The number of hydrogen-bond donors (Lipinski definition) is 3. The molecule has 3 amide bonds. The summed E-state index contributed by atoms with van der Waals surface area (Å²) in [5, 5.41) is 7.33. The molecule has 3 heterocycles. The lowest BCUT2D eigenvalue weighted by Crippen LogP contribution is -2.55. The Hall–Kier alpha value is -1.95. The number of sulfonamides is 1. The molecule has 1 saturated heterocycles. The Balaban J connectivity index is 1.56. The summed E-state index contributed by atoms with van der Waals surface area (Å²) >= 11 is 2.84. The van der Waals surface area contributed by atoms with Crippen molar-refractivity contribution in [1.29, 1.82) is 0 Å². The van der Waals surface area contributed by atoms with Crippen molar-refractivity contribution in [3.8, 4) is 0 Å². The van der Waals surface area contributed by atoms with Gasteiger partial charge in [0.2, 0.25) is 15.9 Å². The van der Waals surface area contributed by atoms with E-state index in [0.29, 0.717) is 13.1 Å². The first-order chi connectivity index (χ1) is 13.3. The third kappa shape index (κ3) is 4.54. The zero-order valence-corrected chi connectivity index (χ0v) is 18.0. The van der Waals surface area contributed by atoms with Gasteiger partial charge in [-0.1, -0.05) is 6.07 Å². The van der Waals surface area contributed by atoms with Crippen molar-refractivity contribution >= 4 is 44.6 Å². The van der Waals surface area contributed by atoms with E-state index in [1.165, 1.54) is 27.6 Å². The lowest BCUT2D eigenvalue weighted by Gasteiger charge is -2.34. The van der Waals surface area contributed by atoms with Crippen LogP contribution in [0.25, 0.3) is 0 Å². The summed E-state index contributed by atoms with van der Waals surface area (Å²) in [5.41, 5.74) is 0. The zero-order valence-electron chi connectivity index (χ0n) is 15.5. The summed E-state index contributed by atoms with van der Waals surface area (Å²) in [5.74, 6) is -0.215. The van der Waals surface area contributed by atoms with E-state index in [0.717, 1.165) is 14.6 Å². The van der Waals surface area contributed by atoms with Crippen molar-refractivity contribution in [2.75, 3.05) is 26.2 Å². The van der Waals surface area contributed by atoms with E-state index in [2.05, 4.69) is 15.4 Å². The minimum Gasteiger partial charge on any atom is -0.352 e. The van der Waals surface area contributed by atoms with Crippen LogP contribution >= 0.6 is 22.7 Å². The van der Waals surface area contributed by atoms with E-state index in [1.54, 1.807) is 13.0 Å². The molecule has 2 aromatic rings. The van der Waals surface area contributed by atoms with E-state index in [1.807, 2.05) is 24.4 Å². The number of amides is 3. The Bertz CT molecular complexity index is 953. The fourth-order valence-corrected chi connectivity index (χ4v) is 6.44. The number of hydrogen-bond acceptors (Lipinski definition) is 6. The molecule has 0 bridgehead atoms. The Morgan fingerprint density at radius 3 is 2.79 bits per heavy atom. The monoisotopic (exact) mass is 442 g/mol. The van der Waals surface area contributed by atoms with Crippen LogP contribution in [0.4, 0.5) is 4.79 Å². The topological polar surface area (TPSA) is 108 Å². The van der Waals surface area contributed by atoms with Crippen LogP contribution < -0.4 is 15.4 Å². The molecule has 3 rings (SSSR count). The maximum atomic E-state index is 12.6. The molecule has 1 fully saturated rings. The van der Waals surface area contributed by atoms with Crippen LogP contribution in [0.3, 0.4) is 0 Å². The van der Waals surface area contributed by atoms with Crippen LogP contribution in [0.1, 0.15) is 20.7 Å². The van der Waals surface area contributed by atoms with E-state index in [4.69, 9.17) is 0 Å². The predicted molar refractivity (Wildman–Crippen MR) is 109 cm³/mol. The molecular weight excluding hydrogens is 420 g/mol. The maximum Gasteiger partial charge on any atom is 0.318 e. The molecule has 8 nitrogen and oxygen atoms in total. The quantitative estimate of drug-likeness (QED) is 0.591. The third-order valence-corrected chi connectivity index (χ3v) is 7.87. The summed E-state index contributed by atoms with van der Waals surface area (Å²) in [7, 11) is -3.61. The molecule has 152 valence electrons. The highest BCUT2D eigenvalue weighted by molar-refractivity contribution is 7.89. The number of rotatable bonds is 6. The first-order valence-electron chi connectivity index (χ1n) is 8.72. The highest BCUT2D eigenvalue weighted by Crippen LogP contribution is 2.27. The van der Waals surface area contributed by atoms with Crippen molar-refractivity contribution in [2.24, 2.45) is 0 Å². The molecule has 28 heavy (non-hydrogen) atoms. The van der Waals surface area contributed by atoms with Crippen molar-refractivity contribution in [3.05, 3.63) is 38.2 Å². The van der Waals surface area contributed by atoms with Gasteiger partial charge in [-0.2, -0.15) is 0 Å². The Morgan fingerprint density at radius 2 is 2.14 bits per heavy atom. The van der Waals surface area contributed by atoms with Gasteiger partial charge in [-0.15, -0.1) is 22.7 Å². The van der Waals surface area contributed by atoms with Gasteiger partial charge in [0.25, 0.3) is 0 Å². The summed E-state index contributed by atoms with van der Waals surface area (Å²) in [6.45, 7) is 4.58. The van der Waals surface area contributed by atoms with E-state index in [9.17, 15) is 18.0 Å². The lowest BCUT2D eigenvalue weighted by atomic mass is 10.1. The summed E-state index contributed by atoms with van der Waals surface area (Å²) in [6.07, 6.45) is 0. The Labute approximate surface area is 172 Å². The first-order valence-corrected chi connectivity index (χ1v) is 11.9. The number of piperazine rings is 1. The van der Waals surface area contributed by atoms with Crippen LogP contribution in [0.2, 0.25) is 0 Å². The third-order valence-electron chi connectivity index (χ3n) is 4.26. The average molecular weight is 443 g/mol. The first kappa shape index (κ1) is 20.8. The molecule has 1 aliphatic rings. The number of aryl methyl sites for hydroxylation is 2.